The van der Waals surface area contributed by atoms with Crippen molar-refractivity contribution < 1.29 is 4.79 Å². The Morgan fingerprint density at radius 1 is 1.08 bits per heavy atom. The summed E-state index contributed by atoms with van der Waals surface area (Å²) in [6.07, 6.45) is 1.22. The summed E-state index contributed by atoms with van der Waals surface area (Å²) in [7, 11) is 0. The third kappa shape index (κ3) is 4.34. The summed E-state index contributed by atoms with van der Waals surface area (Å²) in [5, 5.41) is 6.30. The van der Waals surface area contributed by atoms with E-state index in [2.05, 4.69) is 22.5 Å². The van der Waals surface area contributed by atoms with Crippen LogP contribution in [0, 0.1) is 0 Å². The minimum Gasteiger partial charge on any atom is -0.355 e. The third-order valence-corrected chi connectivity index (χ3v) is 4.89. The molecule has 142 valence electrons. The van der Waals surface area contributed by atoms with Crippen LogP contribution in [0.3, 0.4) is 0 Å². The molecule has 0 bridgehead atoms. The number of hydrogen-bond acceptors (Lipinski definition) is 4. The average molecular weight is 359 g/mol. The van der Waals surface area contributed by atoms with Crippen LogP contribution in [0.15, 0.2) is 29.1 Å². The number of carbonyl (C=O) groups is 1. The van der Waals surface area contributed by atoms with Gasteiger partial charge in [-0.15, -0.1) is 0 Å². The van der Waals surface area contributed by atoms with Gasteiger partial charge in [0.05, 0.1) is 11.0 Å². The van der Waals surface area contributed by atoms with Crippen molar-refractivity contribution >= 4 is 16.9 Å². The number of imidazole rings is 1. The van der Waals surface area contributed by atoms with E-state index in [4.69, 9.17) is 0 Å². The van der Waals surface area contributed by atoms with Crippen LogP contribution in [-0.4, -0.2) is 59.2 Å². The van der Waals surface area contributed by atoms with Crippen LogP contribution in [0.25, 0.3) is 11.0 Å². The van der Waals surface area contributed by atoms with E-state index in [9.17, 15) is 9.59 Å². The second-order valence-electron chi connectivity index (χ2n) is 6.77. The topological polar surface area (TPSA) is 71.3 Å². The van der Waals surface area contributed by atoms with E-state index in [1.54, 1.807) is 9.13 Å². The molecule has 1 fully saturated rings. The quantitative estimate of drug-likeness (QED) is 0.725. The zero-order chi connectivity index (χ0) is 18.4. The molecule has 0 atom stereocenters. The number of carbonyl (C=O) groups excluding carboxylic acids is 1. The second-order valence-corrected chi connectivity index (χ2v) is 6.77. The lowest BCUT2D eigenvalue weighted by molar-refractivity contribution is -0.121. The normalized spacial score (nSPS) is 15.4. The number of hydrogen-bond donors (Lipinski definition) is 2. The number of nitrogens with zero attached hydrogens (tertiary/aromatic N) is 3. The van der Waals surface area contributed by atoms with Crippen LogP contribution in [-0.2, 0) is 17.9 Å². The predicted octanol–water partition coefficient (Wildman–Crippen LogP) is 0.625. The van der Waals surface area contributed by atoms with E-state index in [-0.39, 0.29) is 11.6 Å². The number of piperazine rings is 1. The summed E-state index contributed by atoms with van der Waals surface area (Å²) in [6.45, 7) is 8.79. The SMILES string of the molecule is CCCn1c(=O)n(CCC(=O)NCCN2CCNCC2)c2ccccc21. The lowest BCUT2D eigenvalue weighted by Gasteiger charge is -2.27. The minimum absolute atomic E-state index is 0.000595. The van der Waals surface area contributed by atoms with Gasteiger partial charge in [0.2, 0.25) is 5.91 Å². The van der Waals surface area contributed by atoms with Crippen LogP contribution >= 0.6 is 0 Å². The van der Waals surface area contributed by atoms with Crippen molar-refractivity contribution in [3.8, 4) is 0 Å². The van der Waals surface area contributed by atoms with Gasteiger partial charge in [0.15, 0.2) is 0 Å². The second kappa shape index (κ2) is 9.00. The minimum atomic E-state index is -0.0262. The van der Waals surface area contributed by atoms with E-state index in [1.807, 2.05) is 24.3 Å². The van der Waals surface area contributed by atoms with Gasteiger partial charge in [0.25, 0.3) is 0 Å². The Kier molecular flexibility index (Phi) is 6.46. The largest absolute Gasteiger partial charge is 0.355 e. The van der Waals surface area contributed by atoms with E-state index < -0.39 is 0 Å². The number of nitrogens with one attached hydrogen (secondary N) is 2. The van der Waals surface area contributed by atoms with Crippen molar-refractivity contribution in [1.29, 1.82) is 0 Å². The molecule has 2 N–H and O–H groups in total. The highest BCUT2D eigenvalue weighted by Gasteiger charge is 2.14. The van der Waals surface area contributed by atoms with Gasteiger partial charge >= 0.3 is 5.69 Å². The number of fused-ring (bicyclic) bond motifs is 1. The Balaban J connectivity index is 1.56. The maximum atomic E-state index is 12.7. The van der Waals surface area contributed by atoms with E-state index in [0.29, 0.717) is 26.1 Å². The molecule has 26 heavy (non-hydrogen) atoms. The van der Waals surface area contributed by atoms with E-state index >= 15 is 0 Å². The molecule has 1 aliphatic heterocycles. The first-order valence-electron chi connectivity index (χ1n) is 9.58. The van der Waals surface area contributed by atoms with Crippen LogP contribution < -0.4 is 16.3 Å². The van der Waals surface area contributed by atoms with E-state index in [1.165, 1.54) is 0 Å². The average Bonchev–Trinajstić information content (AvgIpc) is 2.93. The highest BCUT2D eigenvalue weighted by Crippen LogP contribution is 2.13. The maximum Gasteiger partial charge on any atom is 0.329 e. The first-order valence-corrected chi connectivity index (χ1v) is 9.58. The van der Waals surface area contributed by atoms with Crippen molar-refractivity contribution in [2.75, 3.05) is 39.3 Å². The fourth-order valence-corrected chi connectivity index (χ4v) is 3.52. The van der Waals surface area contributed by atoms with Gasteiger partial charge in [-0.1, -0.05) is 19.1 Å². The third-order valence-electron chi connectivity index (χ3n) is 4.89. The number of amides is 1. The molecule has 2 heterocycles. The Hall–Kier alpha value is -2.12. The number of benzene rings is 1. The number of para-hydroxylation sites is 2. The van der Waals surface area contributed by atoms with Gasteiger partial charge < -0.3 is 10.6 Å². The van der Waals surface area contributed by atoms with Crippen molar-refractivity contribution in [3.63, 3.8) is 0 Å². The summed E-state index contributed by atoms with van der Waals surface area (Å²) in [4.78, 5) is 27.2. The van der Waals surface area contributed by atoms with E-state index in [0.717, 1.165) is 50.2 Å². The molecule has 0 unspecified atom stereocenters. The van der Waals surface area contributed by atoms with Gasteiger partial charge in [0, 0.05) is 58.8 Å². The molecule has 0 spiro atoms. The van der Waals surface area contributed by atoms with Crippen molar-refractivity contribution in [1.82, 2.24) is 24.7 Å². The fraction of sp³-hybridized carbons (Fsp3) is 0.579. The first kappa shape index (κ1) is 18.7. The summed E-state index contributed by atoms with van der Waals surface area (Å²) in [6, 6.07) is 7.80. The molecular formula is C19H29N5O2. The van der Waals surface area contributed by atoms with Gasteiger partial charge in [0.1, 0.15) is 0 Å². The molecule has 7 nitrogen and oxygen atoms in total. The van der Waals surface area contributed by atoms with Crippen molar-refractivity contribution in [2.24, 2.45) is 0 Å². The molecular weight excluding hydrogens is 330 g/mol. The molecule has 0 saturated carbocycles. The molecule has 2 aromatic rings. The van der Waals surface area contributed by atoms with Crippen molar-refractivity contribution in [2.45, 2.75) is 32.9 Å². The highest BCUT2D eigenvalue weighted by molar-refractivity contribution is 5.78. The predicted molar refractivity (Wildman–Crippen MR) is 103 cm³/mol. The van der Waals surface area contributed by atoms with Crippen LogP contribution in [0.4, 0.5) is 0 Å². The Bertz CT molecular complexity index is 789. The van der Waals surface area contributed by atoms with Crippen LogP contribution in [0.5, 0.6) is 0 Å². The number of aromatic nitrogens is 2. The van der Waals surface area contributed by atoms with Crippen molar-refractivity contribution in [3.05, 3.63) is 34.7 Å². The van der Waals surface area contributed by atoms with Gasteiger partial charge in [-0.2, -0.15) is 0 Å². The van der Waals surface area contributed by atoms with Crippen LogP contribution in [0.1, 0.15) is 19.8 Å². The summed E-state index contributed by atoms with van der Waals surface area (Å²) in [5.74, 6) is -0.000595. The lowest BCUT2D eigenvalue weighted by Crippen LogP contribution is -2.46. The van der Waals surface area contributed by atoms with Gasteiger partial charge in [-0.25, -0.2) is 4.79 Å². The molecule has 1 amide bonds. The molecule has 1 aliphatic rings. The molecule has 0 radical (unpaired) electrons. The zero-order valence-electron chi connectivity index (χ0n) is 15.5. The summed E-state index contributed by atoms with van der Waals surface area (Å²) >= 11 is 0. The molecule has 1 saturated heterocycles. The first-order chi connectivity index (χ1) is 12.7. The number of aryl methyl sites for hydroxylation is 2. The number of rotatable bonds is 8. The van der Waals surface area contributed by atoms with Gasteiger partial charge in [-0.3, -0.25) is 18.8 Å². The standard InChI is InChI=1S/C19H29N5O2/c1-2-11-23-16-5-3-4-6-17(16)24(19(23)26)12-7-18(25)21-10-15-22-13-8-20-9-14-22/h3-6,20H,2,7-15H2,1H3,(H,21,25). The molecule has 1 aromatic carbocycles. The van der Waals surface area contributed by atoms with Gasteiger partial charge in [-0.05, 0) is 18.6 Å². The Labute approximate surface area is 154 Å². The molecule has 7 heteroatoms. The Morgan fingerprint density at radius 3 is 2.38 bits per heavy atom. The lowest BCUT2D eigenvalue weighted by atomic mass is 10.3. The highest BCUT2D eigenvalue weighted by atomic mass is 16.2. The smallest absolute Gasteiger partial charge is 0.329 e. The zero-order valence-corrected chi connectivity index (χ0v) is 15.5. The Morgan fingerprint density at radius 2 is 1.73 bits per heavy atom. The fourth-order valence-electron chi connectivity index (χ4n) is 3.52. The van der Waals surface area contributed by atoms with Crippen LogP contribution in [0.2, 0.25) is 0 Å². The maximum absolute atomic E-state index is 12.7. The summed E-state index contributed by atoms with van der Waals surface area (Å²) < 4.78 is 3.53. The monoisotopic (exact) mass is 359 g/mol. The molecule has 0 aliphatic carbocycles. The summed E-state index contributed by atoms with van der Waals surface area (Å²) in [5.41, 5.74) is 1.82. The molecule has 3 rings (SSSR count). The molecule has 1 aromatic heterocycles.